The Labute approximate surface area is 163 Å². The Morgan fingerprint density at radius 2 is 1.93 bits per heavy atom. The average molecular weight is 381 g/mol. The minimum atomic E-state index is -0.145. The van der Waals surface area contributed by atoms with Crippen LogP contribution in [0.25, 0.3) is 10.2 Å². The summed E-state index contributed by atoms with van der Waals surface area (Å²) in [6.45, 7) is 9.13. The lowest BCUT2D eigenvalue weighted by Crippen LogP contribution is -2.16. The minimum absolute atomic E-state index is 0.145. The zero-order chi connectivity index (χ0) is 19.2. The van der Waals surface area contributed by atoms with Gasteiger partial charge in [-0.3, -0.25) is 4.79 Å². The maximum Gasteiger partial charge on any atom is 0.252 e. The van der Waals surface area contributed by atoms with E-state index < -0.39 is 0 Å². The van der Waals surface area contributed by atoms with Gasteiger partial charge in [-0.05, 0) is 42.7 Å². The molecule has 3 aromatic rings. The third-order valence-corrected chi connectivity index (χ3v) is 5.32. The number of carbonyl (C=O) groups excluding carboxylic acids is 1. The van der Waals surface area contributed by atoms with E-state index in [4.69, 9.17) is 4.74 Å². The van der Waals surface area contributed by atoms with E-state index in [2.05, 4.69) is 30.6 Å². The monoisotopic (exact) mass is 380 g/mol. The highest BCUT2D eigenvalue weighted by molar-refractivity contribution is 7.16. The SMILES string of the molecule is C=CCn1c(=NC(=O)Cc2ccc(CC)cc2)sc2cc(OCC)ccc21. The van der Waals surface area contributed by atoms with Gasteiger partial charge >= 0.3 is 0 Å². The van der Waals surface area contributed by atoms with Gasteiger partial charge in [-0.2, -0.15) is 4.99 Å². The fraction of sp³-hybridized carbons (Fsp3) is 0.273. The number of aryl methyl sites for hydroxylation is 1. The van der Waals surface area contributed by atoms with Crippen LogP contribution in [0, 0.1) is 0 Å². The Morgan fingerprint density at radius 3 is 2.59 bits per heavy atom. The number of fused-ring (bicyclic) bond motifs is 1. The fourth-order valence-corrected chi connectivity index (χ4v) is 4.00. The molecule has 0 saturated heterocycles. The summed E-state index contributed by atoms with van der Waals surface area (Å²) < 4.78 is 8.64. The van der Waals surface area contributed by atoms with Crippen LogP contribution in [0.4, 0.5) is 0 Å². The molecule has 0 bridgehead atoms. The summed E-state index contributed by atoms with van der Waals surface area (Å²) in [7, 11) is 0. The topological polar surface area (TPSA) is 43.6 Å². The Morgan fingerprint density at radius 1 is 1.19 bits per heavy atom. The lowest BCUT2D eigenvalue weighted by Gasteiger charge is -2.04. The van der Waals surface area contributed by atoms with Crippen molar-refractivity contribution in [1.82, 2.24) is 4.57 Å². The summed E-state index contributed by atoms with van der Waals surface area (Å²) in [4.78, 5) is 17.6. The number of thiazole rings is 1. The molecule has 2 aromatic carbocycles. The Bertz CT molecular complexity index is 1010. The second kappa shape index (κ2) is 8.82. The molecule has 0 spiro atoms. The molecule has 1 amide bonds. The zero-order valence-electron chi connectivity index (χ0n) is 15.8. The van der Waals surface area contributed by atoms with Gasteiger partial charge in [0.2, 0.25) is 0 Å². The number of aromatic nitrogens is 1. The molecule has 0 aliphatic rings. The van der Waals surface area contributed by atoms with E-state index in [1.54, 1.807) is 0 Å². The molecule has 3 rings (SSSR count). The zero-order valence-corrected chi connectivity index (χ0v) is 16.6. The molecule has 0 atom stereocenters. The van der Waals surface area contributed by atoms with Gasteiger partial charge in [0.25, 0.3) is 5.91 Å². The van der Waals surface area contributed by atoms with Crippen molar-refractivity contribution in [2.75, 3.05) is 6.61 Å². The van der Waals surface area contributed by atoms with Crippen LogP contribution >= 0.6 is 11.3 Å². The van der Waals surface area contributed by atoms with E-state index in [0.29, 0.717) is 24.4 Å². The number of ether oxygens (including phenoxy) is 1. The molecule has 1 heterocycles. The van der Waals surface area contributed by atoms with Crippen molar-refractivity contribution in [3.05, 3.63) is 71.0 Å². The molecular weight excluding hydrogens is 356 g/mol. The Hall–Kier alpha value is -2.66. The summed E-state index contributed by atoms with van der Waals surface area (Å²) in [5.41, 5.74) is 3.28. The van der Waals surface area contributed by atoms with Gasteiger partial charge in [-0.15, -0.1) is 6.58 Å². The van der Waals surface area contributed by atoms with Gasteiger partial charge in [0.1, 0.15) is 5.75 Å². The second-order valence-electron chi connectivity index (χ2n) is 6.20. The van der Waals surface area contributed by atoms with Crippen molar-refractivity contribution in [3.63, 3.8) is 0 Å². The van der Waals surface area contributed by atoms with Crippen molar-refractivity contribution >= 4 is 27.5 Å². The number of hydrogen-bond donors (Lipinski definition) is 0. The first-order chi connectivity index (χ1) is 13.1. The van der Waals surface area contributed by atoms with Crippen molar-refractivity contribution in [2.45, 2.75) is 33.2 Å². The number of rotatable bonds is 7. The van der Waals surface area contributed by atoms with Crippen LogP contribution in [0.5, 0.6) is 5.75 Å². The highest BCUT2D eigenvalue weighted by atomic mass is 32.1. The summed E-state index contributed by atoms with van der Waals surface area (Å²) in [5, 5.41) is 0. The fourth-order valence-electron chi connectivity index (χ4n) is 2.91. The maximum absolute atomic E-state index is 12.5. The standard InChI is InChI=1S/C22H24N2O2S/c1-4-13-24-19-12-11-18(26-6-3)15-20(19)27-22(24)23-21(25)14-17-9-7-16(5-2)8-10-17/h4,7-12,15H,1,5-6,13-14H2,2-3H3. The average Bonchev–Trinajstić information content (AvgIpc) is 2.99. The van der Waals surface area contributed by atoms with Crippen molar-refractivity contribution in [3.8, 4) is 5.75 Å². The normalized spacial score (nSPS) is 11.7. The number of amides is 1. The lowest BCUT2D eigenvalue weighted by molar-refractivity contribution is -0.117. The summed E-state index contributed by atoms with van der Waals surface area (Å²) >= 11 is 1.50. The van der Waals surface area contributed by atoms with E-state index in [0.717, 1.165) is 28.0 Å². The number of benzene rings is 2. The highest BCUT2D eigenvalue weighted by Gasteiger charge is 2.09. The molecule has 4 nitrogen and oxygen atoms in total. The van der Waals surface area contributed by atoms with E-state index in [-0.39, 0.29) is 5.91 Å². The maximum atomic E-state index is 12.5. The smallest absolute Gasteiger partial charge is 0.252 e. The molecule has 27 heavy (non-hydrogen) atoms. The first-order valence-corrected chi connectivity index (χ1v) is 9.98. The number of nitrogens with zero attached hydrogens (tertiary/aromatic N) is 2. The van der Waals surface area contributed by atoms with Crippen LogP contribution in [0.3, 0.4) is 0 Å². The van der Waals surface area contributed by atoms with Crippen LogP contribution < -0.4 is 9.54 Å². The molecule has 0 aliphatic heterocycles. The lowest BCUT2D eigenvalue weighted by atomic mass is 10.1. The van der Waals surface area contributed by atoms with Crippen molar-refractivity contribution in [1.29, 1.82) is 0 Å². The van der Waals surface area contributed by atoms with Gasteiger partial charge in [0, 0.05) is 6.54 Å². The second-order valence-corrected chi connectivity index (χ2v) is 7.21. The molecule has 0 N–H and O–H groups in total. The molecule has 0 saturated carbocycles. The first-order valence-electron chi connectivity index (χ1n) is 9.17. The number of carbonyl (C=O) groups is 1. The van der Waals surface area contributed by atoms with Crippen LogP contribution in [-0.2, 0) is 24.2 Å². The number of allylic oxidation sites excluding steroid dienone is 1. The van der Waals surface area contributed by atoms with E-state index in [1.165, 1.54) is 16.9 Å². The van der Waals surface area contributed by atoms with Crippen LogP contribution in [0.1, 0.15) is 25.0 Å². The van der Waals surface area contributed by atoms with Crippen LogP contribution in [0.15, 0.2) is 60.1 Å². The number of hydrogen-bond acceptors (Lipinski definition) is 3. The van der Waals surface area contributed by atoms with Crippen molar-refractivity contribution in [2.24, 2.45) is 4.99 Å². The first kappa shape index (κ1) is 19.1. The Balaban J connectivity index is 1.93. The molecule has 140 valence electrons. The van der Waals surface area contributed by atoms with E-state index in [9.17, 15) is 4.79 Å². The predicted molar refractivity (Wildman–Crippen MR) is 111 cm³/mol. The molecule has 0 fully saturated rings. The van der Waals surface area contributed by atoms with Gasteiger partial charge in [0.15, 0.2) is 4.80 Å². The van der Waals surface area contributed by atoms with Crippen LogP contribution in [0.2, 0.25) is 0 Å². The largest absolute Gasteiger partial charge is 0.494 e. The molecular formula is C22H24N2O2S. The van der Waals surface area contributed by atoms with E-state index in [1.807, 2.05) is 47.9 Å². The highest BCUT2D eigenvalue weighted by Crippen LogP contribution is 2.23. The summed E-state index contributed by atoms with van der Waals surface area (Å²) in [6.07, 6.45) is 3.11. The van der Waals surface area contributed by atoms with Crippen LogP contribution in [-0.4, -0.2) is 17.1 Å². The third kappa shape index (κ3) is 4.55. The molecule has 0 aliphatic carbocycles. The predicted octanol–water partition coefficient (Wildman–Crippen LogP) is 4.52. The Kier molecular flexibility index (Phi) is 6.24. The quantitative estimate of drug-likeness (QED) is 0.566. The molecule has 0 radical (unpaired) electrons. The summed E-state index contributed by atoms with van der Waals surface area (Å²) in [5.74, 6) is 0.680. The van der Waals surface area contributed by atoms with Gasteiger partial charge in [0.05, 0.1) is 23.2 Å². The third-order valence-electron chi connectivity index (χ3n) is 4.28. The van der Waals surface area contributed by atoms with E-state index >= 15 is 0 Å². The van der Waals surface area contributed by atoms with Gasteiger partial charge in [-0.1, -0.05) is 48.6 Å². The van der Waals surface area contributed by atoms with Gasteiger partial charge in [-0.25, -0.2) is 0 Å². The van der Waals surface area contributed by atoms with Crippen molar-refractivity contribution < 1.29 is 9.53 Å². The van der Waals surface area contributed by atoms with Gasteiger partial charge < -0.3 is 9.30 Å². The minimum Gasteiger partial charge on any atom is -0.494 e. The molecule has 5 heteroatoms. The molecule has 0 unspecified atom stereocenters. The summed E-state index contributed by atoms with van der Waals surface area (Å²) in [6, 6.07) is 14.1. The molecule has 1 aromatic heterocycles.